The molecule has 13 heteroatoms. The van der Waals surface area contributed by atoms with Gasteiger partial charge in [0.05, 0.1) is 6.61 Å². The van der Waals surface area contributed by atoms with Gasteiger partial charge in [-0.2, -0.15) is 12.6 Å². The topological polar surface area (TPSA) is 208 Å². The van der Waals surface area contributed by atoms with E-state index in [9.17, 15) is 29.1 Å². The molecule has 33 heavy (non-hydrogen) atoms. The largest absolute Gasteiger partial charge is 0.481 e. The summed E-state index contributed by atoms with van der Waals surface area (Å²) in [7, 11) is 0. The zero-order valence-electron chi connectivity index (χ0n) is 17.6. The van der Waals surface area contributed by atoms with Crippen molar-refractivity contribution in [2.75, 3.05) is 12.4 Å². The highest BCUT2D eigenvalue weighted by molar-refractivity contribution is 7.80. The Kier molecular flexibility index (Phi) is 11.9. The molecule has 0 saturated heterocycles. The third kappa shape index (κ3) is 9.89. The molecule has 0 saturated carbocycles. The van der Waals surface area contributed by atoms with E-state index in [0.29, 0.717) is 5.56 Å². The van der Waals surface area contributed by atoms with Gasteiger partial charge in [-0.3, -0.25) is 19.2 Å². The van der Waals surface area contributed by atoms with Crippen molar-refractivity contribution in [2.45, 2.75) is 43.4 Å². The van der Waals surface area contributed by atoms with Gasteiger partial charge >= 0.3 is 11.9 Å². The van der Waals surface area contributed by atoms with Crippen LogP contribution in [0.5, 0.6) is 0 Å². The molecule has 1 rings (SSSR count). The smallest absolute Gasteiger partial charge is 0.326 e. The number of carbonyl (C=O) groups excluding carboxylic acids is 3. The van der Waals surface area contributed by atoms with Gasteiger partial charge in [0.2, 0.25) is 17.7 Å². The second kappa shape index (κ2) is 14.1. The predicted molar refractivity (Wildman–Crippen MR) is 119 cm³/mol. The number of carboxylic acids is 2. The van der Waals surface area contributed by atoms with E-state index in [2.05, 4.69) is 28.6 Å². The minimum Gasteiger partial charge on any atom is -0.481 e. The van der Waals surface area contributed by atoms with Crippen molar-refractivity contribution in [3.8, 4) is 0 Å². The summed E-state index contributed by atoms with van der Waals surface area (Å²) in [5.74, 6) is -5.31. The molecule has 0 aromatic heterocycles. The van der Waals surface area contributed by atoms with Crippen LogP contribution in [0.4, 0.5) is 0 Å². The molecule has 0 bridgehead atoms. The van der Waals surface area contributed by atoms with E-state index < -0.39 is 66.9 Å². The lowest BCUT2D eigenvalue weighted by Crippen LogP contribution is -2.58. The molecule has 4 unspecified atom stereocenters. The van der Waals surface area contributed by atoms with E-state index in [1.165, 1.54) is 0 Å². The normalized spacial score (nSPS) is 14.3. The second-order valence-corrected chi connectivity index (χ2v) is 7.48. The fourth-order valence-electron chi connectivity index (χ4n) is 2.69. The third-order valence-electron chi connectivity index (χ3n) is 4.53. The average molecular weight is 485 g/mol. The lowest BCUT2D eigenvalue weighted by Gasteiger charge is -2.24. The highest BCUT2D eigenvalue weighted by Crippen LogP contribution is 2.06. The maximum absolute atomic E-state index is 12.7. The molecule has 1 aromatic rings. The SMILES string of the molecule is NC(CO)C(=O)NC(CS)C(=O)NC(CCC(=O)O)C(=O)NC(Cc1ccccc1)C(=O)O. The standard InChI is InChI=1S/C20H28N4O8S/c21-12(9-25)17(28)24-15(10-33)19(30)22-13(6-7-16(26)27)18(29)23-14(20(31)32)8-11-4-2-1-3-5-11/h1-5,12-15,25,33H,6-10,21H2,(H,22,30)(H,23,29)(H,24,28)(H,26,27)(H,31,32). The van der Waals surface area contributed by atoms with Gasteiger partial charge in [-0.1, -0.05) is 30.3 Å². The van der Waals surface area contributed by atoms with E-state index in [-0.39, 0.29) is 18.6 Å². The summed E-state index contributed by atoms with van der Waals surface area (Å²) in [5.41, 5.74) is 6.04. The van der Waals surface area contributed by atoms with E-state index in [4.69, 9.17) is 15.9 Å². The molecule has 0 heterocycles. The minimum atomic E-state index is -1.39. The number of carbonyl (C=O) groups is 5. The van der Waals surface area contributed by atoms with E-state index in [0.717, 1.165) is 0 Å². The first-order chi connectivity index (χ1) is 15.6. The van der Waals surface area contributed by atoms with Crippen LogP contribution in [0.25, 0.3) is 0 Å². The van der Waals surface area contributed by atoms with Crippen molar-refractivity contribution in [2.24, 2.45) is 5.73 Å². The van der Waals surface area contributed by atoms with Gasteiger partial charge in [0, 0.05) is 18.6 Å². The number of hydrogen-bond donors (Lipinski definition) is 8. The van der Waals surface area contributed by atoms with Gasteiger partial charge < -0.3 is 37.0 Å². The van der Waals surface area contributed by atoms with Crippen LogP contribution in [0, 0.1) is 0 Å². The lowest BCUT2D eigenvalue weighted by molar-refractivity contribution is -0.143. The van der Waals surface area contributed by atoms with Crippen LogP contribution in [-0.4, -0.2) is 81.5 Å². The van der Waals surface area contributed by atoms with Crippen LogP contribution in [0.15, 0.2) is 30.3 Å². The third-order valence-corrected chi connectivity index (χ3v) is 4.89. The predicted octanol–water partition coefficient (Wildman–Crippen LogP) is -2.12. The molecule has 3 amide bonds. The summed E-state index contributed by atoms with van der Waals surface area (Å²) in [6, 6.07) is 3.30. The highest BCUT2D eigenvalue weighted by atomic mass is 32.1. The fourth-order valence-corrected chi connectivity index (χ4v) is 2.94. The van der Waals surface area contributed by atoms with Crippen molar-refractivity contribution in [3.63, 3.8) is 0 Å². The number of thiol groups is 1. The van der Waals surface area contributed by atoms with Gasteiger partial charge in [-0.15, -0.1) is 0 Å². The van der Waals surface area contributed by atoms with Crippen LogP contribution in [0.2, 0.25) is 0 Å². The molecular formula is C20H28N4O8S. The molecule has 1 aromatic carbocycles. The minimum absolute atomic E-state index is 0.0319. The summed E-state index contributed by atoms with van der Waals surface area (Å²) >= 11 is 3.97. The number of nitrogens with two attached hydrogens (primary N) is 1. The second-order valence-electron chi connectivity index (χ2n) is 7.12. The van der Waals surface area contributed by atoms with Crippen LogP contribution in [-0.2, 0) is 30.4 Å². The van der Waals surface area contributed by atoms with Gasteiger partial charge in [-0.05, 0) is 12.0 Å². The Labute approximate surface area is 195 Å². The molecule has 0 fully saturated rings. The van der Waals surface area contributed by atoms with E-state index >= 15 is 0 Å². The highest BCUT2D eigenvalue weighted by Gasteiger charge is 2.30. The molecule has 0 aliphatic heterocycles. The van der Waals surface area contributed by atoms with Gasteiger partial charge in [-0.25, -0.2) is 4.79 Å². The molecular weight excluding hydrogens is 456 g/mol. The van der Waals surface area contributed by atoms with E-state index in [1.54, 1.807) is 30.3 Å². The van der Waals surface area contributed by atoms with Gasteiger partial charge in [0.15, 0.2) is 0 Å². The number of benzene rings is 1. The number of aliphatic carboxylic acids is 2. The Hall–Kier alpha value is -3.16. The van der Waals surface area contributed by atoms with E-state index in [1.807, 2.05) is 0 Å². The first-order valence-electron chi connectivity index (χ1n) is 9.96. The number of carboxylic acid groups (broad SMARTS) is 2. The number of aliphatic hydroxyl groups excluding tert-OH is 1. The van der Waals surface area contributed by atoms with Crippen molar-refractivity contribution >= 4 is 42.3 Å². The fraction of sp³-hybridized carbons (Fsp3) is 0.450. The number of nitrogens with one attached hydrogen (secondary N) is 3. The lowest BCUT2D eigenvalue weighted by atomic mass is 10.0. The van der Waals surface area contributed by atoms with Crippen molar-refractivity contribution < 1.29 is 39.3 Å². The molecule has 0 aliphatic rings. The Morgan fingerprint density at radius 3 is 1.94 bits per heavy atom. The molecule has 8 N–H and O–H groups in total. The Morgan fingerprint density at radius 2 is 1.42 bits per heavy atom. The van der Waals surface area contributed by atoms with Crippen molar-refractivity contribution in [1.82, 2.24) is 16.0 Å². The molecule has 4 atom stereocenters. The Bertz CT molecular complexity index is 839. The quantitative estimate of drug-likeness (QED) is 0.136. The van der Waals surface area contributed by atoms with Gasteiger partial charge in [0.1, 0.15) is 24.2 Å². The first-order valence-corrected chi connectivity index (χ1v) is 10.6. The summed E-state index contributed by atoms with van der Waals surface area (Å²) in [5, 5.41) is 34.3. The van der Waals surface area contributed by atoms with Crippen LogP contribution >= 0.6 is 12.6 Å². The Morgan fingerprint density at radius 1 is 0.879 bits per heavy atom. The van der Waals surface area contributed by atoms with Crippen molar-refractivity contribution in [1.29, 1.82) is 0 Å². The number of aliphatic hydroxyl groups is 1. The molecule has 0 aliphatic carbocycles. The molecule has 12 nitrogen and oxygen atoms in total. The first kappa shape index (κ1) is 27.9. The molecule has 0 radical (unpaired) electrons. The number of amides is 3. The maximum atomic E-state index is 12.7. The average Bonchev–Trinajstić information content (AvgIpc) is 2.78. The molecule has 0 spiro atoms. The summed E-state index contributed by atoms with van der Waals surface area (Å²) in [6.07, 6.45) is -0.841. The van der Waals surface area contributed by atoms with Crippen molar-refractivity contribution in [3.05, 3.63) is 35.9 Å². The van der Waals surface area contributed by atoms with Gasteiger partial charge in [0.25, 0.3) is 0 Å². The maximum Gasteiger partial charge on any atom is 0.326 e. The Balaban J connectivity index is 2.93. The molecule has 182 valence electrons. The zero-order chi connectivity index (χ0) is 25.0. The van der Waals surface area contributed by atoms with Crippen LogP contribution in [0.1, 0.15) is 18.4 Å². The summed E-state index contributed by atoms with van der Waals surface area (Å²) in [4.78, 5) is 59.8. The van der Waals surface area contributed by atoms with Crippen LogP contribution in [0.3, 0.4) is 0 Å². The summed E-state index contributed by atoms with van der Waals surface area (Å²) < 4.78 is 0. The monoisotopic (exact) mass is 484 g/mol. The number of hydrogen-bond acceptors (Lipinski definition) is 8. The van der Waals surface area contributed by atoms with Crippen LogP contribution < -0.4 is 21.7 Å². The number of rotatable bonds is 14. The summed E-state index contributed by atoms with van der Waals surface area (Å²) in [6.45, 7) is -0.658. The zero-order valence-corrected chi connectivity index (χ0v) is 18.5.